The van der Waals surface area contributed by atoms with Crippen LogP contribution in [0.5, 0.6) is 0 Å². The van der Waals surface area contributed by atoms with Crippen molar-refractivity contribution in [3.8, 4) is 5.69 Å². The molecule has 2 aromatic heterocycles. The summed E-state index contributed by atoms with van der Waals surface area (Å²) < 4.78 is 2.39. The summed E-state index contributed by atoms with van der Waals surface area (Å²) in [4.78, 5) is 7.01. The highest BCUT2D eigenvalue weighted by Gasteiger charge is 2.41. The molecule has 0 spiro atoms. The zero-order chi connectivity index (χ0) is 22.2. The van der Waals surface area contributed by atoms with Crippen LogP contribution in [-0.4, -0.2) is 26.1 Å². The smallest absolute Gasteiger partial charge is 0.170 e. The zero-order valence-corrected chi connectivity index (χ0v) is 19.6. The highest BCUT2D eigenvalue weighted by Crippen LogP contribution is 2.41. The van der Waals surface area contributed by atoms with Gasteiger partial charge in [-0.3, -0.25) is 4.98 Å². The van der Waals surface area contributed by atoms with Crippen LogP contribution in [0, 0.1) is 13.8 Å². The van der Waals surface area contributed by atoms with Gasteiger partial charge >= 0.3 is 0 Å². The van der Waals surface area contributed by atoms with Crippen molar-refractivity contribution in [2.24, 2.45) is 0 Å². The minimum atomic E-state index is 0.0247. The largest absolute Gasteiger partial charge is 0.352 e. The van der Waals surface area contributed by atoms with Crippen molar-refractivity contribution in [1.82, 2.24) is 19.8 Å². The average Bonchev–Trinajstić information content (AvgIpc) is 3.29. The lowest BCUT2D eigenvalue weighted by Crippen LogP contribution is -2.30. The van der Waals surface area contributed by atoms with E-state index < -0.39 is 0 Å². The van der Waals surface area contributed by atoms with Crippen LogP contribution in [0.15, 0.2) is 72.9 Å². The summed E-state index contributed by atoms with van der Waals surface area (Å²) in [5, 5.41) is 6.88. The third-order valence-electron chi connectivity index (χ3n) is 6.46. The van der Waals surface area contributed by atoms with Crippen molar-refractivity contribution in [3.05, 3.63) is 95.6 Å². The highest BCUT2D eigenvalue weighted by molar-refractivity contribution is 7.80. The van der Waals surface area contributed by atoms with Crippen molar-refractivity contribution < 1.29 is 0 Å². The Morgan fingerprint density at radius 3 is 2.56 bits per heavy atom. The molecule has 5 heteroatoms. The fourth-order valence-corrected chi connectivity index (χ4v) is 5.42. The summed E-state index contributed by atoms with van der Waals surface area (Å²) in [6.07, 6.45) is 2.90. The molecule has 0 radical (unpaired) electrons. The Kier molecular flexibility index (Phi) is 5.43. The van der Waals surface area contributed by atoms with Gasteiger partial charge in [0.15, 0.2) is 5.11 Å². The van der Waals surface area contributed by atoms with Crippen LogP contribution >= 0.6 is 12.2 Å². The lowest BCUT2D eigenvalue weighted by Gasteiger charge is -2.28. The molecule has 2 atom stereocenters. The number of hydrogen-bond acceptors (Lipinski definition) is 2. The lowest BCUT2D eigenvalue weighted by molar-refractivity contribution is 0.316. The molecule has 3 heterocycles. The standard InChI is InChI=1S/C27H28N4S/c1-4-16-30-26(25(29-27(30)32)23-13-7-8-15-28-23)22-17-18(2)31(19(22)3)24-14-9-11-20-10-5-6-12-21(20)24/h5-15,17,25-26H,4,16H2,1-3H3,(H,29,32)/t25-,26-/m0/s1. The number of rotatable bonds is 5. The Morgan fingerprint density at radius 1 is 1.00 bits per heavy atom. The van der Waals surface area contributed by atoms with Crippen LogP contribution in [0.3, 0.4) is 0 Å². The topological polar surface area (TPSA) is 33.1 Å². The quantitative estimate of drug-likeness (QED) is 0.385. The molecule has 4 nitrogen and oxygen atoms in total. The monoisotopic (exact) mass is 440 g/mol. The van der Waals surface area contributed by atoms with E-state index in [1.165, 1.54) is 33.4 Å². The molecule has 0 saturated carbocycles. The molecule has 0 aliphatic carbocycles. The molecule has 0 bridgehead atoms. The molecule has 1 saturated heterocycles. The van der Waals surface area contributed by atoms with E-state index in [-0.39, 0.29) is 12.1 Å². The first kappa shape index (κ1) is 20.7. The third kappa shape index (κ3) is 3.37. The molecule has 1 aliphatic heterocycles. The van der Waals surface area contributed by atoms with E-state index in [2.05, 4.69) is 95.1 Å². The van der Waals surface area contributed by atoms with Crippen LogP contribution in [0.1, 0.15) is 48.1 Å². The van der Waals surface area contributed by atoms with Crippen LogP contribution in [0.25, 0.3) is 16.5 Å². The minimum absolute atomic E-state index is 0.0247. The first-order chi connectivity index (χ1) is 15.6. The van der Waals surface area contributed by atoms with E-state index in [4.69, 9.17) is 12.2 Å². The van der Waals surface area contributed by atoms with Gasteiger partial charge in [0.25, 0.3) is 0 Å². The van der Waals surface area contributed by atoms with E-state index in [9.17, 15) is 0 Å². The molecular weight excluding hydrogens is 412 g/mol. The van der Waals surface area contributed by atoms with Crippen molar-refractivity contribution >= 4 is 28.1 Å². The Hall–Kier alpha value is -3.18. The fourth-order valence-electron chi connectivity index (χ4n) is 5.09. The van der Waals surface area contributed by atoms with Gasteiger partial charge < -0.3 is 14.8 Å². The van der Waals surface area contributed by atoms with Gasteiger partial charge in [0.2, 0.25) is 0 Å². The highest BCUT2D eigenvalue weighted by atomic mass is 32.1. The van der Waals surface area contributed by atoms with E-state index in [1.54, 1.807) is 0 Å². The van der Waals surface area contributed by atoms with Gasteiger partial charge in [-0.05, 0) is 67.7 Å². The maximum atomic E-state index is 5.78. The molecule has 1 N–H and O–H groups in total. The molecular formula is C27H28N4S. The molecule has 1 aliphatic rings. The fraction of sp³-hybridized carbons (Fsp3) is 0.259. The van der Waals surface area contributed by atoms with Crippen LogP contribution in [-0.2, 0) is 0 Å². The summed E-state index contributed by atoms with van der Waals surface area (Å²) in [5.74, 6) is 0. The number of benzene rings is 2. The van der Waals surface area contributed by atoms with Crippen molar-refractivity contribution in [2.75, 3.05) is 6.54 Å². The number of pyridine rings is 1. The molecule has 4 aromatic rings. The molecule has 0 amide bonds. The Labute approximate surface area is 194 Å². The summed E-state index contributed by atoms with van der Waals surface area (Å²) >= 11 is 5.78. The number of nitrogens with one attached hydrogen (secondary N) is 1. The number of aromatic nitrogens is 2. The number of nitrogens with zero attached hydrogens (tertiary/aromatic N) is 3. The van der Waals surface area contributed by atoms with Gasteiger partial charge in [-0.1, -0.05) is 49.4 Å². The number of fused-ring (bicyclic) bond motifs is 1. The number of hydrogen-bond donors (Lipinski definition) is 1. The van der Waals surface area contributed by atoms with Crippen molar-refractivity contribution in [1.29, 1.82) is 0 Å². The molecule has 2 aromatic carbocycles. The Balaban J connectivity index is 1.67. The van der Waals surface area contributed by atoms with Gasteiger partial charge in [-0.25, -0.2) is 0 Å². The molecule has 1 fully saturated rings. The average molecular weight is 441 g/mol. The van der Waals surface area contributed by atoms with Crippen LogP contribution < -0.4 is 5.32 Å². The summed E-state index contributed by atoms with van der Waals surface area (Å²) in [6.45, 7) is 7.54. The maximum Gasteiger partial charge on any atom is 0.170 e. The SMILES string of the molecule is CCCN1C(=S)N[C@@H](c2ccccn2)[C@@H]1c1cc(C)n(-c2cccc3ccccc23)c1C. The van der Waals surface area contributed by atoms with Gasteiger partial charge in [0, 0.05) is 29.5 Å². The van der Waals surface area contributed by atoms with Gasteiger partial charge in [-0.2, -0.15) is 0 Å². The van der Waals surface area contributed by atoms with Crippen LogP contribution in [0.4, 0.5) is 0 Å². The maximum absolute atomic E-state index is 5.78. The summed E-state index contributed by atoms with van der Waals surface area (Å²) in [7, 11) is 0. The number of thiocarbonyl (C=S) groups is 1. The van der Waals surface area contributed by atoms with E-state index >= 15 is 0 Å². The zero-order valence-electron chi connectivity index (χ0n) is 18.7. The Morgan fingerprint density at radius 2 is 1.78 bits per heavy atom. The summed E-state index contributed by atoms with van der Waals surface area (Å²) in [6, 6.07) is 23.7. The molecule has 162 valence electrons. The van der Waals surface area contributed by atoms with Crippen molar-refractivity contribution in [3.63, 3.8) is 0 Å². The second-order valence-electron chi connectivity index (χ2n) is 8.48. The molecule has 5 rings (SSSR count). The van der Waals surface area contributed by atoms with Gasteiger partial charge in [0.05, 0.1) is 23.5 Å². The predicted octanol–water partition coefficient (Wildman–Crippen LogP) is 6.02. The first-order valence-corrected chi connectivity index (χ1v) is 11.7. The second kappa shape index (κ2) is 8.40. The second-order valence-corrected chi connectivity index (χ2v) is 8.87. The summed E-state index contributed by atoms with van der Waals surface area (Å²) in [5.41, 5.74) is 6.01. The number of aryl methyl sites for hydroxylation is 1. The Bertz CT molecular complexity index is 1270. The lowest BCUT2D eigenvalue weighted by atomic mass is 9.96. The van der Waals surface area contributed by atoms with E-state index in [0.29, 0.717) is 0 Å². The van der Waals surface area contributed by atoms with E-state index in [1.807, 2.05) is 18.3 Å². The van der Waals surface area contributed by atoms with Gasteiger partial charge in [0.1, 0.15) is 0 Å². The first-order valence-electron chi connectivity index (χ1n) is 11.2. The van der Waals surface area contributed by atoms with Crippen LogP contribution in [0.2, 0.25) is 0 Å². The normalized spacial score (nSPS) is 18.3. The van der Waals surface area contributed by atoms with Crippen molar-refractivity contribution in [2.45, 2.75) is 39.3 Å². The molecule has 32 heavy (non-hydrogen) atoms. The molecule has 0 unspecified atom stereocenters. The van der Waals surface area contributed by atoms with E-state index in [0.717, 1.165) is 23.8 Å². The third-order valence-corrected chi connectivity index (χ3v) is 6.81. The van der Waals surface area contributed by atoms with Gasteiger partial charge in [-0.15, -0.1) is 0 Å². The minimum Gasteiger partial charge on any atom is -0.352 e. The predicted molar refractivity (Wildman–Crippen MR) is 135 cm³/mol.